The number of nitrogens with two attached hydrogens (primary N) is 1. The molecule has 0 radical (unpaired) electrons. The van der Waals surface area contributed by atoms with Crippen molar-refractivity contribution in [2.24, 2.45) is 4.99 Å². The molecule has 4 amide bonds. The first-order valence-corrected chi connectivity index (χ1v) is 6.71. The summed E-state index contributed by atoms with van der Waals surface area (Å²) >= 11 is 0. The quantitative estimate of drug-likeness (QED) is 0.484. The zero-order valence-corrected chi connectivity index (χ0v) is 12.6. The van der Waals surface area contributed by atoms with Crippen LogP contribution in [0.4, 0.5) is 10.7 Å². The van der Waals surface area contributed by atoms with Gasteiger partial charge in [0.05, 0.1) is 0 Å². The van der Waals surface area contributed by atoms with Crippen LogP contribution in [0.2, 0.25) is 0 Å². The first-order valence-electron chi connectivity index (χ1n) is 6.71. The van der Waals surface area contributed by atoms with E-state index in [9.17, 15) is 19.5 Å². The molecule has 5 N–H and O–H groups in total. The van der Waals surface area contributed by atoms with E-state index in [0.717, 1.165) is 9.80 Å². The molecule has 1 unspecified atom stereocenters. The van der Waals surface area contributed by atoms with E-state index in [-0.39, 0.29) is 17.5 Å². The number of hydrogen-bond acceptors (Lipinski definition) is 7. The summed E-state index contributed by atoms with van der Waals surface area (Å²) in [4.78, 5) is 49.4. The number of hydrogen-bond donors (Lipinski definition) is 4. The lowest BCUT2D eigenvalue weighted by Crippen LogP contribution is -2.74. The topological polar surface area (TPSA) is 157 Å². The lowest BCUT2D eigenvalue weighted by atomic mass is 9.86. The smallest absolute Gasteiger partial charge is 0.331 e. The number of aromatic amines is 1. The van der Waals surface area contributed by atoms with Crippen LogP contribution < -0.4 is 11.1 Å². The highest BCUT2D eigenvalue weighted by atomic mass is 16.3. The number of carbonyl (C=O) groups is 3. The van der Waals surface area contributed by atoms with E-state index in [2.05, 4.69) is 20.3 Å². The van der Waals surface area contributed by atoms with Crippen LogP contribution in [-0.4, -0.2) is 68.7 Å². The van der Waals surface area contributed by atoms with E-state index in [1.807, 2.05) is 0 Å². The molecule has 2 aliphatic heterocycles. The summed E-state index contributed by atoms with van der Waals surface area (Å²) in [6.07, 6.45) is 0. The van der Waals surface area contributed by atoms with Gasteiger partial charge in [0, 0.05) is 14.1 Å². The van der Waals surface area contributed by atoms with E-state index >= 15 is 0 Å². The zero-order valence-electron chi connectivity index (χ0n) is 12.6. The first kappa shape index (κ1) is 14.8. The van der Waals surface area contributed by atoms with E-state index in [4.69, 9.17) is 5.73 Å². The number of carbonyl (C=O) groups excluding carboxylic acids is 3. The number of anilines is 1. The maximum absolute atomic E-state index is 12.8. The molecule has 0 spiro atoms. The van der Waals surface area contributed by atoms with Gasteiger partial charge in [-0.05, 0) is 6.92 Å². The SMILES string of the molecule is CC1N=C2N(C)C(=O)N(C)C(=O)[C@]2(c2[nH]c(N)nc2O)NC1=O. The summed E-state index contributed by atoms with van der Waals surface area (Å²) in [6.45, 7) is 1.52. The van der Waals surface area contributed by atoms with Gasteiger partial charge in [0.25, 0.3) is 5.91 Å². The molecular formula is C12H15N7O4. The molecule has 2 aliphatic rings. The van der Waals surface area contributed by atoms with E-state index in [0.29, 0.717) is 0 Å². The van der Waals surface area contributed by atoms with Crippen LogP contribution in [0.3, 0.4) is 0 Å². The van der Waals surface area contributed by atoms with E-state index in [1.54, 1.807) is 0 Å². The molecule has 2 atom stereocenters. The number of aliphatic imine (C=N–C) groups is 1. The summed E-state index contributed by atoms with van der Waals surface area (Å²) in [5, 5.41) is 12.6. The Bertz CT molecular complexity index is 769. The molecule has 122 valence electrons. The Balaban J connectivity index is 2.33. The average Bonchev–Trinajstić information content (AvgIpc) is 2.84. The highest BCUT2D eigenvalue weighted by Crippen LogP contribution is 2.37. The molecular weight excluding hydrogens is 306 g/mol. The maximum atomic E-state index is 12.8. The lowest BCUT2D eigenvalue weighted by molar-refractivity contribution is -0.138. The van der Waals surface area contributed by atoms with Crippen molar-refractivity contribution in [2.45, 2.75) is 18.5 Å². The molecule has 1 aromatic heterocycles. The number of nitrogen functional groups attached to an aromatic ring is 1. The number of aromatic hydroxyl groups is 1. The van der Waals surface area contributed by atoms with Crippen molar-refractivity contribution in [2.75, 3.05) is 19.8 Å². The summed E-state index contributed by atoms with van der Waals surface area (Å²) in [5.41, 5.74) is 3.48. The maximum Gasteiger partial charge on any atom is 0.331 e. The number of imidazole rings is 1. The third kappa shape index (κ3) is 1.73. The number of urea groups is 1. The molecule has 1 fully saturated rings. The molecule has 23 heavy (non-hydrogen) atoms. The number of rotatable bonds is 1. The Kier molecular flexibility index (Phi) is 2.86. The Labute approximate surface area is 130 Å². The van der Waals surface area contributed by atoms with Crippen LogP contribution in [0.5, 0.6) is 5.88 Å². The van der Waals surface area contributed by atoms with Gasteiger partial charge in [0.2, 0.25) is 23.3 Å². The average molecular weight is 321 g/mol. The van der Waals surface area contributed by atoms with Crippen molar-refractivity contribution in [1.29, 1.82) is 0 Å². The molecule has 11 heteroatoms. The van der Waals surface area contributed by atoms with Crippen molar-refractivity contribution < 1.29 is 19.5 Å². The predicted octanol–water partition coefficient (Wildman–Crippen LogP) is -1.67. The number of fused-ring (bicyclic) bond motifs is 1. The summed E-state index contributed by atoms with van der Waals surface area (Å²) < 4.78 is 0. The molecule has 0 saturated carbocycles. The second kappa shape index (κ2) is 4.44. The molecule has 0 bridgehead atoms. The Morgan fingerprint density at radius 3 is 2.48 bits per heavy atom. The van der Waals surface area contributed by atoms with Gasteiger partial charge in [0.15, 0.2) is 5.84 Å². The van der Waals surface area contributed by atoms with E-state index in [1.165, 1.54) is 21.0 Å². The first-order chi connectivity index (χ1) is 10.7. The summed E-state index contributed by atoms with van der Waals surface area (Å²) in [7, 11) is 2.68. The van der Waals surface area contributed by atoms with Gasteiger partial charge in [-0.2, -0.15) is 4.98 Å². The third-order valence-electron chi connectivity index (χ3n) is 3.94. The zero-order chi connectivity index (χ0) is 17.1. The minimum Gasteiger partial charge on any atom is -0.492 e. The van der Waals surface area contributed by atoms with Crippen LogP contribution in [0.1, 0.15) is 12.6 Å². The van der Waals surface area contributed by atoms with Gasteiger partial charge in [-0.25, -0.2) is 4.79 Å². The Hall–Kier alpha value is -3.11. The minimum atomic E-state index is -1.89. The highest BCUT2D eigenvalue weighted by Gasteiger charge is 2.60. The Morgan fingerprint density at radius 1 is 1.26 bits per heavy atom. The number of likely N-dealkylation sites (N-methyl/N-ethyl adjacent to an activating group) is 2. The van der Waals surface area contributed by atoms with Gasteiger partial charge < -0.3 is 21.1 Å². The molecule has 3 heterocycles. The van der Waals surface area contributed by atoms with Crippen molar-refractivity contribution >= 4 is 29.6 Å². The number of imide groups is 1. The lowest BCUT2D eigenvalue weighted by Gasteiger charge is -2.46. The van der Waals surface area contributed by atoms with Crippen molar-refractivity contribution in [3.63, 3.8) is 0 Å². The van der Waals surface area contributed by atoms with Gasteiger partial charge in [0.1, 0.15) is 11.7 Å². The van der Waals surface area contributed by atoms with Crippen LogP contribution in [0.15, 0.2) is 4.99 Å². The van der Waals surface area contributed by atoms with Crippen LogP contribution >= 0.6 is 0 Å². The monoisotopic (exact) mass is 321 g/mol. The second-order valence-corrected chi connectivity index (χ2v) is 5.39. The van der Waals surface area contributed by atoms with Gasteiger partial charge in [-0.3, -0.25) is 24.4 Å². The fourth-order valence-corrected chi connectivity index (χ4v) is 2.75. The van der Waals surface area contributed by atoms with Crippen LogP contribution in [0.25, 0.3) is 0 Å². The second-order valence-electron chi connectivity index (χ2n) is 5.39. The van der Waals surface area contributed by atoms with Crippen molar-refractivity contribution in [3.8, 4) is 5.88 Å². The summed E-state index contributed by atoms with van der Waals surface area (Å²) in [6, 6.07) is -1.41. The summed E-state index contributed by atoms with van der Waals surface area (Å²) in [5.74, 6) is -2.04. The fourth-order valence-electron chi connectivity index (χ4n) is 2.75. The molecule has 1 aromatic rings. The molecule has 0 aromatic carbocycles. The number of aromatic nitrogens is 2. The van der Waals surface area contributed by atoms with Crippen molar-refractivity contribution in [3.05, 3.63) is 5.69 Å². The van der Waals surface area contributed by atoms with Crippen molar-refractivity contribution in [1.82, 2.24) is 25.1 Å². The number of amidine groups is 1. The number of nitrogens with zero attached hydrogens (tertiary/aromatic N) is 4. The van der Waals surface area contributed by atoms with Gasteiger partial charge in [-0.15, -0.1) is 0 Å². The molecule has 3 rings (SSSR count). The number of H-pyrrole nitrogens is 1. The van der Waals surface area contributed by atoms with Gasteiger partial charge in [-0.1, -0.05) is 0 Å². The Morgan fingerprint density at radius 2 is 1.91 bits per heavy atom. The highest BCUT2D eigenvalue weighted by molar-refractivity contribution is 6.26. The predicted molar refractivity (Wildman–Crippen MR) is 77.3 cm³/mol. The molecule has 0 aliphatic carbocycles. The number of nitrogens with one attached hydrogen (secondary N) is 2. The van der Waals surface area contributed by atoms with Gasteiger partial charge >= 0.3 is 6.03 Å². The largest absolute Gasteiger partial charge is 0.492 e. The standard InChI is InChI=1S/C12H15N7O4/c1-4-6(20)17-12(5-7(21)16-10(13)15-5)8(14-4)18(2)11(23)19(3)9(12)22/h4,21H,1-3H3,(H,17,20)(H3,13,15,16)/t4?,12-/m1/s1. The van der Waals surface area contributed by atoms with Crippen LogP contribution in [-0.2, 0) is 15.1 Å². The normalized spacial score (nSPS) is 27.7. The number of amides is 4. The third-order valence-corrected chi connectivity index (χ3v) is 3.94. The van der Waals surface area contributed by atoms with E-state index < -0.39 is 35.3 Å². The molecule has 1 saturated heterocycles. The molecule has 11 nitrogen and oxygen atoms in total. The van der Waals surface area contributed by atoms with Crippen LogP contribution in [0, 0.1) is 0 Å². The minimum absolute atomic E-state index is 0.0170. The fraction of sp³-hybridized carbons (Fsp3) is 0.417.